The lowest BCUT2D eigenvalue weighted by Crippen LogP contribution is -2.32. The van der Waals surface area contributed by atoms with Gasteiger partial charge in [-0.3, -0.25) is 14.9 Å². The molecule has 140 valence electrons. The lowest BCUT2D eigenvalue weighted by Gasteiger charge is -2.26. The monoisotopic (exact) mass is 370 g/mol. The van der Waals surface area contributed by atoms with E-state index in [0.717, 1.165) is 17.7 Å². The van der Waals surface area contributed by atoms with Crippen LogP contribution < -0.4 is 10.1 Å². The first-order chi connectivity index (χ1) is 13.0. The largest absolute Gasteiger partial charge is 0.493 e. The second-order valence-corrected chi connectivity index (χ2v) is 5.95. The van der Waals surface area contributed by atoms with Crippen molar-refractivity contribution in [3.05, 3.63) is 69.3 Å². The van der Waals surface area contributed by atoms with Crippen molar-refractivity contribution in [2.24, 2.45) is 0 Å². The minimum absolute atomic E-state index is 0.0243. The van der Waals surface area contributed by atoms with Gasteiger partial charge in [0, 0.05) is 29.7 Å². The fourth-order valence-electron chi connectivity index (χ4n) is 2.91. The van der Waals surface area contributed by atoms with Gasteiger partial charge in [-0.15, -0.1) is 0 Å². The summed E-state index contributed by atoms with van der Waals surface area (Å²) in [4.78, 5) is 35.2. The minimum atomic E-state index is -0.716. The molecule has 1 N–H and O–H groups in total. The number of rotatable bonds is 5. The van der Waals surface area contributed by atoms with Crippen molar-refractivity contribution in [1.29, 1.82) is 0 Å². The molecule has 8 nitrogen and oxygen atoms in total. The van der Waals surface area contributed by atoms with Crippen LogP contribution in [0.1, 0.15) is 45.7 Å². The third-order valence-corrected chi connectivity index (χ3v) is 4.17. The van der Waals surface area contributed by atoms with Gasteiger partial charge in [0.15, 0.2) is 0 Å². The molecule has 2 aromatic carbocycles. The molecule has 0 aliphatic carbocycles. The van der Waals surface area contributed by atoms with Crippen molar-refractivity contribution >= 4 is 17.6 Å². The van der Waals surface area contributed by atoms with Gasteiger partial charge in [0.1, 0.15) is 5.75 Å². The van der Waals surface area contributed by atoms with Gasteiger partial charge < -0.3 is 14.8 Å². The van der Waals surface area contributed by atoms with E-state index in [0.29, 0.717) is 18.8 Å². The number of non-ortho nitro benzene ring substituents is 1. The van der Waals surface area contributed by atoms with E-state index in [1.54, 1.807) is 6.92 Å². The molecule has 8 heteroatoms. The van der Waals surface area contributed by atoms with Crippen molar-refractivity contribution < 1.29 is 24.0 Å². The maximum absolute atomic E-state index is 12.7. The van der Waals surface area contributed by atoms with Crippen LogP contribution in [0.2, 0.25) is 0 Å². The second kappa shape index (κ2) is 7.86. The highest BCUT2D eigenvalue weighted by molar-refractivity contribution is 5.99. The van der Waals surface area contributed by atoms with Gasteiger partial charge >= 0.3 is 5.97 Å². The standard InChI is InChI=1S/C19H18N2O6/c1-2-26-19(23)13-9-12(10-14(11-13)21(24)25)18(22)20-16-7-8-27-17-6-4-3-5-15(16)17/h3-6,9-11,16H,2,7-8H2,1H3,(H,20,22)/t16-/m1/s1. The average Bonchev–Trinajstić information content (AvgIpc) is 2.68. The van der Waals surface area contributed by atoms with E-state index >= 15 is 0 Å². The Balaban J connectivity index is 1.88. The zero-order valence-corrected chi connectivity index (χ0v) is 14.6. The Morgan fingerprint density at radius 1 is 1.26 bits per heavy atom. The van der Waals surface area contributed by atoms with Crippen LogP contribution in [0, 0.1) is 10.1 Å². The Morgan fingerprint density at radius 3 is 2.74 bits per heavy atom. The first-order valence-electron chi connectivity index (χ1n) is 8.48. The number of hydrogen-bond acceptors (Lipinski definition) is 6. The van der Waals surface area contributed by atoms with Gasteiger partial charge in [0.2, 0.25) is 0 Å². The predicted octanol–water partition coefficient (Wildman–Crippen LogP) is 3.03. The van der Waals surface area contributed by atoms with Crippen LogP contribution in [-0.4, -0.2) is 30.0 Å². The molecule has 2 aromatic rings. The van der Waals surface area contributed by atoms with Gasteiger partial charge in [0.05, 0.1) is 29.7 Å². The first-order valence-corrected chi connectivity index (χ1v) is 8.48. The summed E-state index contributed by atoms with van der Waals surface area (Å²) >= 11 is 0. The summed E-state index contributed by atoms with van der Waals surface area (Å²) in [6.07, 6.45) is 0.572. The number of nitrogens with zero attached hydrogens (tertiary/aromatic N) is 1. The van der Waals surface area contributed by atoms with Gasteiger partial charge in [-0.2, -0.15) is 0 Å². The highest BCUT2D eigenvalue weighted by Crippen LogP contribution is 2.32. The molecule has 0 aromatic heterocycles. The summed E-state index contributed by atoms with van der Waals surface area (Å²) in [6.45, 7) is 2.21. The molecule has 0 radical (unpaired) electrons. The van der Waals surface area contributed by atoms with Crippen molar-refractivity contribution in [2.75, 3.05) is 13.2 Å². The van der Waals surface area contributed by atoms with E-state index in [9.17, 15) is 19.7 Å². The number of ether oxygens (including phenoxy) is 2. The number of hydrogen-bond donors (Lipinski definition) is 1. The smallest absolute Gasteiger partial charge is 0.338 e. The molecule has 0 fully saturated rings. The van der Waals surface area contributed by atoms with Crippen LogP contribution in [0.25, 0.3) is 0 Å². The fourth-order valence-corrected chi connectivity index (χ4v) is 2.91. The minimum Gasteiger partial charge on any atom is -0.493 e. The molecule has 0 spiro atoms. The van der Waals surface area contributed by atoms with Gasteiger partial charge in [-0.25, -0.2) is 4.79 Å². The van der Waals surface area contributed by atoms with E-state index in [1.165, 1.54) is 6.07 Å². The number of nitrogens with one attached hydrogen (secondary N) is 1. The van der Waals surface area contributed by atoms with Gasteiger partial charge in [0.25, 0.3) is 11.6 Å². The quantitative estimate of drug-likeness (QED) is 0.492. The molecular formula is C19H18N2O6. The van der Waals surface area contributed by atoms with Crippen LogP contribution in [0.5, 0.6) is 5.75 Å². The van der Waals surface area contributed by atoms with Crippen LogP contribution in [0.15, 0.2) is 42.5 Å². The van der Waals surface area contributed by atoms with E-state index < -0.39 is 16.8 Å². The first kappa shape index (κ1) is 18.4. The summed E-state index contributed by atoms with van der Waals surface area (Å²) in [7, 11) is 0. The number of carbonyl (C=O) groups is 2. The molecule has 27 heavy (non-hydrogen) atoms. The molecule has 1 aliphatic rings. The Kier molecular flexibility index (Phi) is 5.35. The zero-order valence-electron chi connectivity index (χ0n) is 14.6. The van der Waals surface area contributed by atoms with Gasteiger partial charge in [-0.05, 0) is 19.1 Å². The summed E-state index contributed by atoms with van der Waals surface area (Å²) in [5.74, 6) is -0.530. The van der Waals surface area contributed by atoms with Crippen LogP contribution in [-0.2, 0) is 4.74 Å². The highest BCUT2D eigenvalue weighted by Gasteiger charge is 2.25. The number of carbonyl (C=O) groups excluding carboxylic acids is 2. The molecule has 1 amide bonds. The Bertz CT molecular complexity index is 896. The number of esters is 1. The van der Waals surface area contributed by atoms with E-state index in [-0.39, 0.29) is 29.5 Å². The summed E-state index contributed by atoms with van der Waals surface area (Å²) in [6, 6.07) is 10.6. The number of benzene rings is 2. The maximum atomic E-state index is 12.7. The van der Waals surface area contributed by atoms with Crippen molar-refractivity contribution in [3.8, 4) is 5.75 Å². The number of nitro benzene ring substituents is 1. The topological polar surface area (TPSA) is 108 Å². The Labute approximate surface area is 155 Å². The van der Waals surface area contributed by atoms with Crippen LogP contribution in [0.3, 0.4) is 0 Å². The maximum Gasteiger partial charge on any atom is 0.338 e. The fraction of sp³-hybridized carbons (Fsp3) is 0.263. The van der Waals surface area contributed by atoms with E-state index in [1.807, 2.05) is 24.3 Å². The molecule has 1 aliphatic heterocycles. The van der Waals surface area contributed by atoms with Crippen LogP contribution in [0.4, 0.5) is 5.69 Å². The molecule has 0 saturated carbocycles. The summed E-state index contributed by atoms with van der Waals surface area (Å²) in [5, 5.41) is 14.0. The Hall–Kier alpha value is -3.42. The molecule has 1 heterocycles. The molecule has 3 rings (SSSR count). The predicted molar refractivity (Wildman–Crippen MR) is 95.8 cm³/mol. The second-order valence-electron chi connectivity index (χ2n) is 5.95. The van der Waals surface area contributed by atoms with Crippen molar-refractivity contribution in [1.82, 2.24) is 5.32 Å². The third kappa shape index (κ3) is 4.05. The molecule has 0 saturated heterocycles. The normalized spacial score (nSPS) is 15.2. The summed E-state index contributed by atoms with van der Waals surface area (Å²) < 4.78 is 10.5. The number of fused-ring (bicyclic) bond motifs is 1. The average molecular weight is 370 g/mol. The summed E-state index contributed by atoms with van der Waals surface area (Å²) in [5.41, 5.74) is 0.478. The lowest BCUT2D eigenvalue weighted by molar-refractivity contribution is -0.384. The molecular weight excluding hydrogens is 352 g/mol. The number of para-hydroxylation sites is 1. The number of amides is 1. The SMILES string of the molecule is CCOC(=O)c1cc(C(=O)N[C@@H]2CCOc3ccccc32)cc([N+](=O)[O-])c1. The van der Waals surface area contributed by atoms with Crippen molar-refractivity contribution in [2.45, 2.75) is 19.4 Å². The van der Waals surface area contributed by atoms with E-state index in [2.05, 4.69) is 5.32 Å². The van der Waals surface area contributed by atoms with Crippen LogP contribution >= 0.6 is 0 Å². The zero-order chi connectivity index (χ0) is 19.4. The van der Waals surface area contributed by atoms with Crippen molar-refractivity contribution in [3.63, 3.8) is 0 Å². The molecule has 0 bridgehead atoms. The third-order valence-electron chi connectivity index (χ3n) is 4.17. The van der Waals surface area contributed by atoms with Gasteiger partial charge in [-0.1, -0.05) is 18.2 Å². The highest BCUT2D eigenvalue weighted by atomic mass is 16.6. The molecule has 1 atom stereocenters. The Morgan fingerprint density at radius 2 is 2.00 bits per heavy atom. The molecule has 0 unspecified atom stereocenters. The number of nitro groups is 1. The van der Waals surface area contributed by atoms with E-state index in [4.69, 9.17) is 9.47 Å². The lowest BCUT2D eigenvalue weighted by atomic mass is 10.00.